The molecule has 0 spiro atoms. The van der Waals surface area contributed by atoms with E-state index in [0.717, 1.165) is 21.4 Å². The van der Waals surface area contributed by atoms with Crippen LogP contribution in [-0.2, 0) is 10.5 Å². The van der Waals surface area contributed by atoms with E-state index in [1.165, 1.54) is 23.1 Å². The summed E-state index contributed by atoms with van der Waals surface area (Å²) in [4.78, 5) is 12.0. The van der Waals surface area contributed by atoms with Crippen LogP contribution in [0.5, 0.6) is 5.75 Å². The molecule has 2 aromatic carbocycles. The van der Waals surface area contributed by atoms with Crippen molar-refractivity contribution in [2.75, 3.05) is 11.9 Å². The quantitative estimate of drug-likeness (QED) is 0.455. The van der Waals surface area contributed by atoms with Gasteiger partial charge in [-0.3, -0.25) is 4.79 Å². The first kappa shape index (κ1) is 18.9. The molecule has 0 aliphatic carbocycles. The summed E-state index contributed by atoms with van der Waals surface area (Å²) >= 11 is 2.87. The third-order valence-corrected chi connectivity index (χ3v) is 5.48. The van der Waals surface area contributed by atoms with Gasteiger partial charge in [0.1, 0.15) is 5.75 Å². The first-order valence-corrected chi connectivity index (χ1v) is 9.96. The van der Waals surface area contributed by atoms with Crippen LogP contribution >= 0.6 is 23.1 Å². The Hall–Kier alpha value is -2.89. The lowest BCUT2D eigenvalue weighted by Gasteiger charge is -2.05. The van der Waals surface area contributed by atoms with Crippen molar-refractivity contribution >= 4 is 34.1 Å². The summed E-state index contributed by atoms with van der Waals surface area (Å²) < 4.78 is 6.28. The standard InChI is InChI=1S/C19H16N4O2S2/c20-12-14-6-8-15(9-7-14)13-26-19-23-22-18(27-19)21-17(24)10-11-25-16-4-2-1-3-5-16/h1-9H,10-11,13H2,(H,21,22,24). The predicted octanol–water partition coefficient (Wildman–Crippen LogP) is 4.11. The molecule has 0 unspecified atom stereocenters. The maximum atomic E-state index is 12.0. The van der Waals surface area contributed by atoms with Crippen LogP contribution in [0.15, 0.2) is 58.9 Å². The van der Waals surface area contributed by atoms with Gasteiger partial charge in [0.25, 0.3) is 0 Å². The topological polar surface area (TPSA) is 87.9 Å². The summed E-state index contributed by atoms with van der Waals surface area (Å²) in [7, 11) is 0. The minimum absolute atomic E-state index is 0.161. The molecule has 0 fully saturated rings. The fourth-order valence-electron chi connectivity index (χ4n) is 2.10. The molecule has 0 saturated heterocycles. The van der Waals surface area contributed by atoms with E-state index in [1.54, 1.807) is 12.1 Å². The molecule has 0 aliphatic heterocycles. The van der Waals surface area contributed by atoms with Gasteiger partial charge in [-0.25, -0.2) is 0 Å². The highest BCUT2D eigenvalue weighted by atomic mass is 32.2. The SMILES string of the molecule is N#Cc1ccc(CSc2nnc(NC(=O)CCOc3ccccc3)s2)cc1. The van der Waals surface area contributed by atoms with Crippen molar-refractivity contribution in [2.24, 2.45) is 0 Å². The molecule has 0 bridgehead atoms. The lowest BCUT2D eigenvalue weighted by atomic mass is 10.2. The van der Waals surface area contributed by atoms with E-state index >= 15 is 0 Å². The Labute approximate surface area is 165 Å². The fraction of sp³-hybridized carbons (Fsp3) is 0.158. The summed E-state index contributed by atoms with van der Waals surface area (Å²) in [6, 6.07) is 18.9. The second-order valence-corrected chi connectivity index (χ2v) is 7.63. The van der Waals surface area contributed by atoms with Gasteiger partial charge in [-0.15, -0.1) is 10.2 Å². The van der Waals surface area contributed by atoms with E-state index < -0.39 is 0 Å². The van der Waals surface area contributed by atoms with Crippen LogP contribution in [0.3, 0.4) is 0 Å². The molecule has 0 radical (unpaired) electrons. The van der Waals surface area contributed by atoms with Gasteiger partial charge in [0.15, 0.2) is 4.34 Å². The summed E-state index contributed by atoms with van der Waals surface area (Å²) in [5.74, 6) is 1.30. The molecule has 3 aromatic rings. The number of amides is 1. The van der Waals surface area contributed by atoms with Gasteiger partial charge in [0.05, 0.1) is 24.7 Å². The number of thioether (sulfide) groups is 1. The Morgan fingerprint density at radius 2 is 1.93 bits per heavy atom. The van der Waals surface area contributed by atoms with Crippen LogP contribution in [0.4, 0.5) is 5.13 Å². The number of benzene rings is 2. The first-order valence-electron chi connectivity index (χ1n) is 8.16. The van der Waals surface area contributed by atoms with Crippen molar-refractivity contribution in [1.29, 1.82) is 5.26 Å². The Morgan fingerprint density at radius 3 is 2.67 bits per heavy atom. The molecule has 0 saturated carbocycles. The Kier molecular flexibility index (Phi) is 6.79. The van der Waals surface area contributed by atoms with Crippen molar-refractivity contribution in [3.63, 3.8) is 0 Å². The van der Waals surface area contributed by atoms with Crippen LogP contribution in [0.1, 0.15) is 17.5 Å². The second-order valence-electron chi connectivity index (χ2n) is 5.43. The summed E-state index contributed by atoms with van der Waals surface area (Å²) in [6.45, 7) is 0.301. The number of nitrogens with one attached hydrogen (secondary N) is 1. The molecule has 0 aliphatic rings. The number of nitrogens with zero attached hydrogens (tertiary/aromatic N) is 3. The van der Waals surface area contributed by atoms with Gasteiger partial charge >= 0.3 is 0 Å². The van der Waals surface area contributed by atoms with Crippen molar-refractivity contribution in [1.82, 2.24) is 10.2 Å². The summed E-state index contributed by atoms with van der Waals surface area (Å²) in [6.07, 6.45) is 0.238. The molecule has 1 N–H and O–H groups in total. The number of hydrogen-bond acceptors (Lipinski definition) is 7. The molecular weight excluding hydrogens is 380 g/mol. The van der Waals surface area contributed by atoms with Gasteiger partial charge in [-0.1, -0.05) is 53.4 Å². The van der Waals surface area contributed by atoms with Crippen LogP contribution in [0, 0.1) is 11.3 Å². The van der Waals surface area contributed by atoms with Crippen LogP contribution < -0.4 is 10.1 Å². The molecular formula is C19H16N4O2S2. The van der Waals surface area contributed by atoms with E-state index in [1.807, 2.05) is 42.5 Å². The van der Waals surface area contributed by atoms with Gasteiger partial charge in [0.2, 0.25) is 11.0 Å². The van der Waals surface area contributed by atoms with Crippen LogP contribution in [0.25, 0.3) is 0 Å². The van der Waals surface area contributed by atoms with E-state index in [0.29, 0.717) is 17.3 Å². The fourth-order valence-corrected chi connectivity index (χ4v) is 3.82. The van der Waals surface area contributed by atoms with Crippen LogP contribution in [0.2, 0.25) is 0 Å². The zero-order valence-electron chi connectivity index (χ0n) is 14.3. The minimum atomic E-state index is -0.161. The smallest absolute Gasteiger partial charge is 0.229 e. The lowest BCUT2D eigenvalue weighted by Crippen LogP contribution is -2.15. The third-order valence-electron chi connectivity index (χ3n) is 3.44. The molecule has 6 nitrogen and oxygen atoms in total. The molecule has 0 atom stereocenters. The van der Waals surface area contributed by atoms with Gasteiger partial charge in [-0.2, -0.15) is 5.26 Å². The average molecular weight is 396 g/mol. The molecule has 27 heavy (non-hydrogen) atoms. The number of para-hydroxylation sites is 1. The number of nitriles is 1. The number of hydrogen-bond donors (Lipinski definition) is 1. The van der Waals surface area contributed by atoms with E-state index in [-0.39, 0.29) is 12.3 Å². The highest BCUT2D eigenvalue weighted by Gasteiger charge is 2.09. The highest BCUT2D eigenvalue weighted by molar-refractivity contribution is 8.00. The van der Waals surface area contributed by atoms with E-state index in [2.05, 4.69) is 21.6 Å². The molecule has 136 valence electrons. The van der Waals surface area contributed by atoms with Crippen molar-refractivity contribution < 1.29 is 9.53 Å². The summed E-state index contributed by atoms with van der Waals surface area (Å²) in [5, 5.41) is 20.1. The van der Waals surface area contributed by atoms with Gasteiger partial charge in [-0.05, 0) is 29.8 Å². The number of aromatic nitrogens is 2. The molecule has 8 heteroatoms. The van der Waals surface area contributed by atoms with Crippen molar-refractivity contribution in [3.8, 4) is 11.8 Å². The number of ether oxygens (including phenoxy) is 1. The van der Waals surface area contributed by atoms with E-state index in [9.17, 15) is 4.79 Å². The number of anilines is 1. The number of carbonyl (C=O) groups is 1. The average Bonchev–Trinajstić information content (AvgIpc) is 3.15. The van der Waals surface area contributed by atoms with Crippen LogP contribution in [-0.4, -0.2) is 22.7 Å². The summed E-state index contributed by atoms with van der Waals surface area (Å²) in [5.41, 5.74) is 1.73. The molecule has 1 amide bonds. The number of carbonyl (C=O) groups excluding carboxylic acids is 1. The van der Waals surface area contributed by atoms with Crippen molar-refractivity contribution in [3.05, 3.63) is 65.7 Å². The lowest BCUT2D eigenvalue weighted by molar-refractivity contribution is -0.116. The Balaban J connectivity index is 1.41. The monoisotopic (exact) mass is 396 g/mol. The van der Waals surface area contributed by atoms with Crippen molar-refractivity contribution in [2.45, 2.75) is 16.5 Å². The third kappa shape index (κ3) is 6.09. The van der Waals surface area contributed by atoms with E-state index in [4.69, 9.17) is 10.00 Å². The van der Waals surface area contributed by atoms with Gasteiger partial charge in [0, 0.05) is 5.75 Å². The Morgan fingerprint density at radius 1 is 1.15 bits per heavy atom. The maximum Gasteiger partial charge on any atom is 0.229 e. The molecule has 1 aromatic heterocycles. The predicted molar refractivity (Wildman–Crippen MR) is 106 cm³/mol. The largest absolute Gasteiger partial charge is 0.493 e. The highest BCUT2D eigenvalue weighted by Crippen LogP contribution is 2.28. The van der Waals surface area contributed by atoms with Gasteiger partial charge < -0.3 is 10.1 Å². The second kappa shape index (κ2) is 9.71. The Bertz CT molecular complexity index is 921. The minimum Gasteiger partial charge on any atom is -0.493 e. The first-order chi connectivity index (χ1) is 13.2. The zero-order chi connectivity index (χ0) is 18.9. The normalized spacial score (nSPS) is 10.2. The molecule has 1 heterocycles. The number of rotatable bonds is 8. The maximum absolute atomic E-state index is 12.0. The zero-order valence-corrected chi connectivity index (χ0v) is 15.9. The molecule has 3 rings (SSSR count).